The van der Waals surface area contributed by atoms with Gasteiger partial charge in [0.1, 0.15) is 13.2 Å². The molecule has 0 aliphatic heterocycles. The van der Waals surface area contributed by atoms with Crippen molar-refractivity contribution < 1.29 is 28.6 Å². The van der Waals surface area contributed by atoms with Gasteiger partial charge in [0.2, 0.25) is 0 Å². The monoisotopic (exact) mass is 859 g/mol. The summed E-state index contributed by atoms with van der Waals surface area (Å²) in [6.07, 6.45) is 67.0. The SMILES string of the molecule is CC/C=C\C/C=C\C/C=C\C/C=C\C/C=C\C/C=C\CCC(=O)OCC(COC(=O)C/C=C\C/C=C\C/C=C\CC)OC(=O)CCCCCCCCCCCCCCCCCC. The van der Waals surface area contributed by atoms with Crippen LogP contribution in [0.1, 0.15) is 207 Å². The molecule has 0 heterocycles. The van der Waals surface area contributed by atoms with Gasteiger partial charge in [0.05, 0.1) is 6.42 Å². The molecule has 0 saturated heterocycles. The van der Waals surface area contributed by atoms with Gasteiger partial charge < -0.3 is 14.2 Å². The summed E-state index contributed by atoms with van der Waals surface area (Å²) in [5.74, 6) is -1.15. The highest BCUT2D eigenvalue weighted by Gasteiger charge is 2.19. The van der Waals surface area contributed by atoms with Gasteiger partial charge in [-0.25, -0.2) is 0 Å². The van der Waals surface area contributed by atoms with E-state index < -0.39 is 12.1 Å². The predicted molar refractivity (Wildman–Crippen MR) is 265 cm³/mol. The van der Waals surface area contributed by atoms with Crippen LogP contribution in [0.3, 0.4) is 0 Å². The molecule has 1 atom stereocenters. The number of carbonyl (C=O) groups is 3. The number of ether oxygens (including phenoxy) is 3. The molecule has 0 aromatic carbocycles. The maximum atomic E-state index is 12.8. The van der Waals surface area contributed by atoms with Crippen LogP contribution < -0.4 is 0 Å². The molecular weight excluding hydrogens is 769 g/mol. The fourth-order valence-electron chi connectivity index (χ4n) is 6.41. The topological polar surface area (TPSA) is 78.9 Å². The van der Waals surface area contributed by atoms with E-state index in [-0.39, 0.29) is 38.0 Å². The van der Waals surface area contributed by atoms with Crippen LogP contribution >= 0.6 is 0 Å². The summed E-state index contributed by atoms with van der Waals surface area (Å²) >= 11 is 0. The summed E-state index contributed by atoms with van der Waals surface area (Å²) in [6.45, 7) is 6.23. The van der Waals surface area contributed by atoms with E-state index in [1.165, 1.54) is 83.5 Å². The first-order chi connectivity index (χ1) is 30.5. The van der Waals surface area contributed by atoms with E-state index in [4.69, 9.17) is 14.2 Å². The number of rotatable bonds is 43. The zero-order valence-corrected chi connectivity index (χ0v) is 39.8. The third kappa shape index (κ3) is 47.1. The van der Waals surface area contributed by atoms with E-state index >= 15 is 0 Å². The largest absolute Gasteiger partial charge is 0.462 e. The highest BCUT2D eigenvalue weighted by Crippen LogP contribution is 2.15. The number of unbranched alkanes of at least 4 members (excludes halogenated alkanes) is 15. The molecule has 0 aliphatic rings. The molecule has 0 rings (SSSR count). The first-order valence-electron chi connectivity index (χ1n) is 24.9. The lowest BCUT2D eigenvalue weighted by Gasteiger charge is -2.18. The molecule has 6 heteroatoms. The Bertz CT molecular complexity index is 1310. The van der Waals surface area contributed by atoms with Gasteiger partial charge in [-0.1, -0.05) is 226 Å². The van der Waals surface area contributed by atoms with Crippen LogP contribution in [0.5, 0.6) is 0 Å². The molecule has 0 amide bonds. The number of esters is 3. The number of carbonyl (C=O) groups excluding carboxylic acids is 3. The van der Waals surface area contributed by atoms with Gasteiger partial charge in [0.15, 0.2) is 6.10 Å². The average Bonchev–Trinajstić information content (AvgIpc) is 3.27. The molecule has 0 fully saturated rings. The molecule has 0 spiro atoms. The van der Waals surface area contributed by atoms with Crippen molar-refractivity contribution in [3.05, 3.63) is 109 Å². The minimum absolute atomic E-state index is 0.120. The smallest absolute Gasteiger partial charge is 0.309 e. The first kappa shape index (κ1) is 58.1. The molecule has 0 saturated carbocycles. The molecule has 0 N–H and O–H groups in total. The summed E-state index contributed by atoms with van der Waals surface area (Å²) in [4.78, 5) is 37.7. The quantitative estimate of drug-likeness (QED) is 0.0263. The summed E-state index contributed by atoms with van der Waals surface area (Å²) in [7, 11) is 0. The highest BCUT2D eigenvalue weighted by atomic mass is 16.6. The lowest BCUT2D eigenvalue weighted by atomic mass is 10.0. The van der Waals surface area contributed by atoms with Gasteiger partial charge in [0.25, 0.3) is 0 Å². The molecular formula is C56H90O6. The molecule has 0 radical (unpaired) electrons. The van der Waals surface area contributed by atoms with Crippen molar-refractivity contribution in [2.24, 2.45) is 0 Å². The van der Waals surface area contributed by atoms with Crippen molar-refractivity contribution in [1.82, 2.24) is 0 Å². The predicted octanol–water partition coefficient (Wildman–Crippen LogP) is 16.4. The lowest BCUT2D eigenvalue weighted by Crippen LogP contribution is -2.30. The van der Waals surface area contributed by atoms with Gasteiger partial charge >= 0.3 is 17.9 Å². The van der Waals surface area contributed by atoms with E-state index in [1.807, 2.05) is 18.2 Å². The maximum Gasteiger partial charge on any atom is 0.309 e. The van der Waals surface area contributed by atoms with Crippen LogP contribution in [0.25, 0.3) is 0 Å². The van der Waals surface area contributed by atoms with Gasteiger partial charge in [-0.3, -0.25) is 14.4 Å². The summed E-state index contributed by atoms with van der Waals surface area (Å²) in [6, 6.07) is 0. The Kier molecular flexibility index (Phi) is 46.6. The van der Waals surface area contributed by atoms with Crippen LogP contribution in [-0.2, 0) is 28.6 Å². The Balaban J connectivity index is 4.50. The second-order valence-electron chi connectivity index (χ2n) is 16.0. The van der Waals surface area contributed by atoms with Gasteiger partial charge in [-0.2, -0.15) is 0 Å². The Morgan fingerprint density at radius 2 is 0.694 bits per heavy atom. The number of allylic oxidation sites excluding steroid dienone is 17. The van der Waals surface area contributed by atoms with Crippen LogP contribution in [0, 0.1) is 0 Å². The van der Waals surface area contributed by atoms with Crippen molar-refractivity contribution in [3.63, 3.8) is 0 Å². The van der Waals surface area contributed by atoms with Crippen molar-refractivity contribution in [1.29, 1.82) is 0 Å². The normalized spacial score (nSPS) is 13.0. The molecule has 350 valence electrons. The van der Waals surface area contributed by atoms with E-state index in [2.05, 4.69) is 106 Å². The molecule has 62 heavy (non-hydrogen) atoms. The number of hydrogen-bond donors (Lipinski definition) is 0. The minimum atomic E-state index is -0.842. The average molecular weight is 859 g/mol. The van der Waals surface area contributed by atoms with E-state index in [1.54, 1.807) is 6.08 Å². The summed E-state index contributed by atoms with van der Waals surface area (Å²) in [5, 5.41) is 0. The Morgan fingerprint density at radius 3 is 1.10 bits per heavy atom. The zero-order chi connectivity index (χ0) is 45.1. The van der Waals surface area contributed by atoms with Crippen LogP contribution in [0.4, 0.5) is 0 Å². The third-order valence-corrected chi connectivity index (χ3v) is 10.1. The van der Waals surface area contributed by atoms with Crippen molar-refractivity contribution in [2.45, 2.75) is 213 Å². The molecule has 1 unspecified atom stereocenters. The minimum Gasteiger partial charge on any atom is -0.462 e. The van der Waals surface area contributed by atoms with Crippen molar-refractivity contribution in [3.8, 4) is 0 Å². The van der Waals surface area contributed by atoms with E-state index in [9.17, 15) is 14.4 Å². The molecule has 6 nitrogen and oxygen atoms in total. The maximum absolute atomic E-state index is 12.8. The van der Waals surface area contributed by atoms with Crippen LogP contribution in [0.15, 0.2) is 109 Å². The van der Waals surface area contributed by atoms with Crippen molar-refractivity contribution >= 4 is 17.9 Å². The van der Waals surface area contributed by atoms with E-state index in [0.29, 0.717) is 12.8 Å². The molecule has 0 aromatic heterocycles. The fraction of sp³-hybridized carbons (Fsp3) is 0.625. The second kappa shape index (κ2) is 49.7. The van der Waals surface area contributed by atoms with Gasteiger partial charge in [0, 0.05) is 12.8 Å². The van der Waals surface area contributed by atoms with Gasteiger partial charge in [-0.05, 0) is 70.6 Å². The fourth-order valence-corrected chi connectivity index (χ4v) is 6.41. The second-order valence-corrected chi connectivity index (χ2v) is 16.0. The Labute approximate surface area is 380 Å². The van der Waals surface area contributed by atoms with Crippen LogP contribution in [0.2, 0.25) is 0 Å². The third-order valence-electron chi connectivity index (χ3n) is 10.1. The molecule has 0 aliphatic carbocycles. The first-order valence-corrected chi connectivity index (χ1v) is 24.9. The highest BCUT2D eigenvalue weighted by molar-refractivity contribution is 5.72. The van der Waals surface area contributed by atoms with E-state index in [0.717, 1.165) is 77.0 Å². The Hall–Kier alpha value is -3.93. The lowest BCUT2D eigenvalue weighted by molar-refractivity contribution is -0.166. The van der Waals surface area contributed by atoms with Crippen LogP contribution in [-0.4, -0.2) is 37.2 Å². The van der Waals surface area contributed by atoms with Gasteiger partial charge in [-0.15, -0.1) is 0 Å². The molecule has 0 aromatic rings. The summed E-state index contributed by atoms with van der Waals surface area (Å²) < 4.78 is 16.6. The Morgan fingerprint density at radius 1 is 0.355 bits per heavy atom. The zero-order valence-electron chi connectivity index (χ0n) is 39.8. The number of hydrogen-bond acceptors (Lipinski definition) is 6. The molecule has 0 bridgehead atoms. The standard InChI is InChI=1S/C56H90O6/c1-4-7-10-13-16-19-21-23-25-27-28-29-31-32-34-37-40-43-46-49-55(58)61-52-53(51-60-54(57)48-45-42-39-36-18-15-12-9-6-3)62-56(59)50-47-44-41-38-35-33-30-26-24-22-20-17-14-11-8-5-2/h7,9-10,12,16,18-19,23,25,28-29,32,34,36,40,42-43,45,53H,4-6,8,11,13-15,17,20-22,24,26-27,30-31,33,35,37-39,41,44,46-52H2,1-3H3/b10-7-,12-9-,19-16-,25-23-,29-28-,34-32-,36-18-,43-40-,45-42-. The van der Waals surface area contributed by atoms with Crippen molar-refractivity contribution in [2.75, 3.05) is 13.2 Å². The summed E-state index contributed by atoms with van der Waals surface area (Å²) in [5.41, 5.74) is 0.